The van der Waals surface area contributed by atoms with E-state index in [1.807, 2.05) is 18.5 Å². The van der Waals surface area contributed by atoms with E-state index in [1.54, 1.807) is 0 Å². The summed E-state index contributed by atoms with van der Waals surface area (Å²) in [4.78, 5) is 7.04. The Hall–Kier alpha value is -1.85. The van der Waals surface area contributed by atoms with Gasteiger partial charge in [-0.25, -0.2) is 4.98 Å². The Morgan fingerprint density at radius 1 is 1.39 bits per heavy atom. The smallest absolute Gasteiger partial charge is 0.127 e. The third kappa shape index (κ3) is 3.92. The summed E-state index contributed by atoms with van der Waals surface area (Å²) in [5.41, 5.74) is 1.28. The molecule has 1 aliphatic heterocycles. The maximum atomic E-state index is 5.81. The van der Waals surface area contributed by atoms with Crippen molar-refractivity contribution in [2.75, 3.05) is 19.6 Å². The van der Waals surface area contributed by atoms with Crippen LogP contribution in [0.15, 0.2) is 36.7 Å². The Morgan fingerprint density at radius 3 is 3.00 bits per heavy atom. The zero-order chi connectivity index (χ0) is 16.2. The van der Waals surface area contributed by atoms with E-state index < -0.39 is 0 Å². The number of aromatic nitrogens is 2. The molecule has 2 heterocycles. The number of aryl methyl sites for hydroxylation is 1. The van der Waals surface area contributed by atoms with Gasteiger partial charge in [-0.15, -0.1) is 0 Å². The average Bonchev–Trinajstić information content (AvgIpc) is 2.93. The predicted octanol–water partition coefficient (Wildman–Crippen LogP) is 2.35. The summed E-state index contributed by atoms with van der Waals surface area (Å²) in [6, 6.07) is 8.73. The van der Waals surface area contributed by atoms with Crippen LogP contribution in [0.3, 0.4) is 0 Å². The van der Waals surface area contributed by atoms with Crippen molar-refractivity contribution >= 4 is 0 Å². The molecular weight excluding hydrogens is 288 g/mol. The number of nitrogens with zero attached hydrogens (tertiary/aromatic N) is 3. The lowest BCUT2D eigenvalue weighted by Gasteiger charge is -2.35. The highest BCUT2D eigenvalue weighted by atomic mass is 16.5. The van der Waals surface area contributed by atoms with E-state index in [4.69, 9.17) is 4.74 Å². The predicted molar refractivity (Wildman–Crippen MR) is 91.4 cm³/mol. The number of hydrogen-bond donors (Lipinski definition) is 1. The molecule has 1 N–H and O–H groups in total. The Kier molecular flexibility index (Phi) is 4.98. The van der Waals surface area contributed by atoms with E-state index in [0.717, 1.165) is 37.8 Å². The van der Waals surface area contributed by atoms with Crippen LogP contribution in [0, 0.1) is 0 Å². The highest BCUT2D eigenvalue weighted by molar-refractivity contribution is 5.28. The van der Waals surface area contributed by atoms with Crippen LogP contribution in [-0.2, 0) is 13.6 Å². The summed E-state index contributed by atoms with van der Waals surface area (Å²) in [7, 11) is 2.06. The van der Waals surface area contributed by atoms with Gasteiger partial charge in [-0.2, -0.15) is 0 Å². The molecule has 0 spiro atoms. The molecule has 3 rings (SSSR count). The fourth-order valence-corrected chi connectivity index (χ4v) is 3.11. The van der Waals surface area contributed by atoms with Gasteiger partial charge in [0.05, 0.1) is 12.1 Å². The van der Waals surface area contributed by atoms with Gasteiger partial charge in [-0.05, 0) is 31.5 Å². The second-order valence-electron chi connectivity index (χ2n) is 6.40. The highest BCUT2D eigenvalue weighted by Gasteiger charge is 2.26. The first-order valence-electron chi connectivity index (χ1n) is 8.31. The van der Waals surface area contributed by atoms with Gasteiger partial charge in [-0.3, -0.25) is 4.90 Å². The first-order chi connectivity index (χ1) is 11.1. The molecule has 0 aliphatic carbocycles. The number of hydrogen-bond acceptors (Lipinski definition) is 4. The van der Waals surface area contributed by atoms with Crippen LogP contribution in [0.25, 0.3) is 0 Å². The topological polar surface area (TPSA) is 42.3 Å². The van der Waals surface area contributed by atoms with Crippen LogP contribution in [0.4, 0.5) is 0 Å². The van der Waals surface area contributed by atoms with Gasteiger partial charge in [-0.1, -0.05) is 12.1 Å². The number of imidazole rings is 1. The van der Waals surface area contributed by atoms with Crippen molar-refractivity contribution in [2.24, 2.45) is 7.05 Å². The number of nitrogens with one attached hydrogen (secondary N) is 1. The Balaban J connectivity index is 1.76. The van der Waals surface area contributed by atoms with Gasteiger partial charge >= 0.3 is 0 Å². The molecule has 5 nitrogen and oxygen atoms in total. The minimum absolute atomic E-state index is 0.199. The van der Waals surface area contributed by atoms with Crippen molar-refractivity contribution < 1.29 is 4.74 Å². The van der Waals surface area contributed by atoms with E-state index in [2.05, 4.69) is 58.9 Å². The van der Waals surface area contributed by atoms with Gasteiger partial charge in [0.15, 0.2) is 0 Å². The minimum atomic E-state index is 0.199. The van der Waals surface area contributed by atoms with Gasteiger partial charge in [0.25, 0.3) is 0 Å². The summed E-state index contributed by atoms with van der Waals surface area (Å²) in [6.45, 7) is 8.00. The molecular formula is C18H26N4O. The van der Waals surface area contributed by atoms with Crippen molar-refractivity contribution in [2.45, 2.75) is 32.5 Å². The van der Waals surface area contributed by atoms with Crippen molar-refractivity contribution in [1.82, 2.24) is 19.8 Å². The SMILES string of the molecule is CC(C)Oc1cccc(CN2CCNCC2c2nccn2C)c1. The van der Waals surface area contributed by atoms with Gasteiger partial charge in [0, 0.05) is 45.6 Å². The van der Waals surface area contributed by atoms with Crippen molar-refractivity contribution in [3.8, 4) is 5.75 Å². The third-order valence-corrected chi connectivity index (χ3v) is 4.17. The zero-order valence-electron chi connectivity index (χ0n) is 14.2. The van der Waals surface area contributed by atoms with E-state index >= 15 is 0 Å². The molecule has 1 aromatic heterocycles. The lowest BCUT2D eigenvalue weighted by Crippen LogP contribution is -2.46. The van der Waals surface area contributed by atoms with Crippen molar-refractivity contribution in [3.63, 3.8) is 0 Å². The zero-order valence-corrected chi connectivity index (χ0v) is 14.2. The standard InChI is InChI=1S/C18H26N4O/c1-14(2)23-16-6-4-5-15(11-16)13-22-10-7-19-12-17(22)18-20-8-9-21(18)3/h4-6,8-9,11,14,17,19H,7,10,12-13H2,1-3H3. The summed E-state index contributed by atoms with van der Waals surface area (Å²) in [5.74, 6) is 2.06. The second-order valence-corrected chi connectivity index (χ2v) is 6.40. The Morgan fingerprint density at radius 2 is 2.26 bits per heavy atom. The van der Waals surface area contributed by atoms with Crippen LogP contribution in [0.2, 0.25) is 0 Å². The minimum Gasteiger partial charge on any atom is -0.491 e. The normalized spacial score (nSPS) is 19.2. The lowest BCUT2D eigenvalue weighted by atomic mass is 10.1. The molecule has 23 heavy (non-hydrogen) atoms. The van der Waals surface area contributed by atoms with E-state index in [9.17, 15) is 0 Å². The number of benzene rings is 1. The first kappa shape index (κ1) is 16.0. The van der Waals surface area contributed by atoms with E-state index in [-0.39, 0.29) is 6.10 Å². The number of rotatable bonds is 5. The molecule has 1 atom stereocenters. The maximum absolute atomic E-state index is 5.81. The number of ether oxygens (including phenoxy) is 1. The van der Waals surface area contributed by atoms with Crippen LogP contribution >= 0.6 is 0 Å². The molecule has 0 saturated carbocycles. The van der Waals surface area contributed by atoms with Crippen molar-refractivity contribution in [1.29, 1.82) is 0 Å². The summed E-state index contributed by atoms with van der Waals surface area (Å²) in [6.07, 6.45) is 4.09. The molecule has 5 heteroatoms. The molecule has 1 aliphatic rings. The lowest BCUT2D eigenvalue weighted by molar-refractivity contribution is 0.144. The van der Waals surface area contributed by atoms with E-state index in [1.165, 1.54) is 5.56 Å². The molecule has 1 unspecified atom stereocenters. The molecule has 1 saturated heterocycles. The Labute approximate surface area is 138 Å². The number of piperazine rings is 1. The summed E-state index contributed by atoms with van der Waals surface area (Å²) < 4.78 is 7.93. The quantitative estimate of drug-likeness (QED) is 0.920. The molecule has 1 fully saturated rings. The fourth-order valence-electron chi connectivity index (χ4n) is 3.11. The fraction of sp³-hybridized carbons (Fsp3) is 0.500. The maximum Gasteiger partial charge on any atom is 0.127 e. The second kappa shape index (κ2) is 7.15. The molecule has 0 radical (unpaired) electrons. The molecule has 0 amide bonds. The Bertz CT molecular complexity index is 637. The van der Waals surface area contributed by atoms with Crippen molar-refractivity contribution in [3.05, 3.63) is 48.0 Å². The van der Waals surface area contributed by atoms with Crippen LogP contribution in [0.5, 0.6) is 5.75 Å². The van der Waals surface area contributed by atoms with Crippen LogP contribution < -0.4 is 10.1 Å². The first-order valence-corrected chi connectivity index (χ1v) is 8.31. The summed E-state index contributed by atoms with van der Waals surface area (Å²) in [5, 5.41) is 3.48. The largest absolute Gasteiger partial charge is 0.491 e. The molecule has 2 aromatic rings. The van der Waals surface area contributed by atoms with E-state index in [0.29, 0.717) is 6.04 Å². The van der Waals surface area contributed by atoms with Crippen LogP contribution in [0.1, 0.15) is 31.3 Å². The molecule has 1 aromatic carbocycles. The third-order valence-electron chi connectivity index (χ3n) is 4.17. The van der Waals surface area contributed by atoms with Gasteiger partial charge in [0.2, 0.25) is 0 Å². The average molecular weight is 314 g/mol. The van der Waals surface area contributed by atoms with Gasteiger partial charge < -0.3 is 14.6 Å². The molecule has 0 bridgehead atoms. The van der Waals surface area contributed by atoms with Gasteiger partial charge in [0.1, 0.15) is 11.6 Å². The van der Waals surface area contributed by atoms with Crippen LogP contribution in [-0.4, -0.2) is 40.2 Å². The summed E-state index contributed by atoms with van der Waals surface area (Å²) >= 11 is 0. The molecule has 124 valence electrons. The highest BCUT2D eigenvalue weighted by Crippen LogP contribution is 2.24. The monoisotopic (exact) mass is 314 g/mol.